The van der Waals surface area contributed by atoms with Gasteiger partial charge in [-0.3, -0.25) is 13.9 Å². The molecule has 4 rings (SSSR count). The van der Waals surface area contributed by atoms with Gasteiger partial charge in [0.15, 0.2) is 11.4 Å². The molecule has 1 aromatic heterocycles. The molecule has 51 heavy (non-hydrogen) atoms. The van der Waals surface area contributed by atoms with E-state index in [1.165, 1.54) is 0 Å². The molecule has 0 unspecified atom stereocenters. The van der Waals surface area contributed by atoms with Crippen molar-refractivity contribution in [3.05, 3.63) is 65.4 Å². The number of benzene rings is 2. The molecular weight excluding hydrogens is 795 g/mol. The normalized spacial score (nSPS) is 14.7. The van der Waals surface area contributed by atoms with Crippen molar-refractivity contribution in [2.24, 2.45) is 5.10 Å². The number of aromatic hydroxyl groups is 1. The summed E-state index contributed by atoms with van der Waals surface area (Å²) in [6.07, 6.45) is 1.97. The SMILES string of the molecule is O=C(O)C1=NN(c2cc(S(=O)(=O)[O-])ccc2S(=O)(=O)[O-])C(=O)C1=CC=Cc1c(C(=O)O)nn(-c2cc(S(=O)(=O)O)ccc2S(=O)(=O)O)c1O.[Na+].[Na+]. The van der Waals surface area contributed by atoms with Gasteiger partial charge in [-0.15, -0.1) is 0 Å². The first-order valence-corrected chi connectivity index (χ1v) is 17.8. The average Bonchev–Trinajstić information content (AvgIpc) is 3.47. The van der Waals surface area contributed by atoms with E-state index in [2.05, 4.69) is 10.2 Å². The van der Waals surface area contributed by atoms with Gasteiger partial charge >= 0.3 is 71.1 Å². The van der Waals surface area contributed by atoms with Crippen molar-refractivity contribution in [3.63, 3.8) is 0 Å². The van der Waals surface area contributed by atoms with Crippen LogP contribution < -0.4 is 64.1 Å². The largest absolute Gasteiger partial charge is 1.00 e. The van der Waals surface area contributed by atoms with Gasteiger partial charge in [-0.1, -0.05) is 6.08 Å². The van der Waals surface area contributed by atoms with Crippen molar-refractivity contribution in [2.75, 3.05) is 5.01 Å². The summed E-state index contributed by atoms with van der Waals surface area (Å²) in [7, 11) is -21.1. The molecule has 1 aliphatic rings. The standard InChI is InChI=1S/C23H16N4O18S4.2Na/c28-20-12(18(22(30)31)24-26(20)14-8-10(46(34,35)36)4-6-16(14)48(40,41)42)2-1-3-13-19(23(32)33)25-27(21(13)29)15-9-11(47(37,38)39)5-7-17(15)49(43,44)45;;/h1-9,28H,(H,30,31)(H,32,33)(H,34,35,36)(H,37,38,39)(H,40,41,42)(H,43,44,45);;/q;2*+1/p-2. The fourth-order valence-corrected chi connectivity index (χ4v) is 6.38. The average molecular weight is 809 g/mol. The molecular formula is C23H14N4Na2O18S4. The maximum atomic E-state index is 13.2. The first-order valence-electron chi connectivity index (χ1n) is 12.1. The Balaban J connectivity index is 0.00000451. The van der Waals surface area contributed by atoms with Crippen molar-refractivity contribution in [1.82, 2.24) is 9.78 Å². The first kappa shape index (κ1) is 43.8. The molecule has 0 spiro atoms. The van der Waals surface area contributed by atoms with Gasteiger partial charge < -0.3 is 24.4 Å². The van der Waals surface area contributed by atoms with Crippen LogP contribution in [-0.2, 0) is 50.1 Å². The van der Waals surface area contributed by atoms with E-state index in [1.54, 1.807) is 0 Å². The first-order chi connectivity index (χ1) is 22.3. The van der Waals surface area contributed by atoms with Crippen molar-refractivity contribution in [2.45, 2.75) is 19.6 Å². The predicted molar refractivity (Wildman–Crippen MR) is 154 cm³/mol. The van der Waals surface area contributed by atoms with Gasteiger partial charge in [-0.25, -0.2) is 26.4 Å². The van der Waals surface area contributed by atoms with E-state index < -0.39 is 118 Å². The number of aromatic carboxylic acids is 1. The molecule has 0 saturated carbocycles. The van der Waals surface area contributed by atoms with Crippen molar-refractivity contribution in [3.8, 4) is 11.6 Å². The number of nitrogens with zero attached hydrogens (tertiary/aromatic N) is 4. The summed E-state index contributed by atoms with van der Waals surface area (Å²) in [6, 6.07) is 2.49. The molecule has 28 heteroatoms. The Morgan fingerprint density at radius 3 is 1.80 bits per heavy atom. The van der Waals surface area contributed by atoms with E-state index in [-0.39, 0.29) is 74.9 Å². The van der Waals surface area contributed by atoms with Crippen molar-refractivity contribution >= 4 is 75.8 Å². The predicted octanol–water partition coefficient (Wildman–Crippen LogP) is -6.99. The summed E-state index contributed by atoms with van der Waals surface area (Å²) in [6.45, 7) is 0. The van der Waals surface area contributed by atoms with Crippen LogP contribution >= 0.6 is 0 Å². The summed E-state index contributed by atoms with van der Waals surface area (Å²) >= 11 is 0. The molecule has 3 aromatic rings. The van der Waals surface area contributed by atoms with Crippen LogP contribution in [0.25, 0.3) is 11.8 Å². The summed E-state index contributed by atoms with van der Waals surface area (Å²) in [4.78, 5) is 32.4. The Morgan fingerprint density at radius 1 is 0.765 bits per heavy atom. The summed E-state index contributed by atoms with van der Waals surface area (Å²) in [5.74, 6) is -6.63. The molecule has 5 N–H and O–H groups in total. The van der Waals surface area contributed by atoms with Crippen LogP contribution in [0.15, 0.2) is 78.8 Å². The van der Waals surface area contributed by atoms with Crippen LogP contribution in [0.2, 0.25) is 0 Å². The van der Waals surface area contributed by atoms with Gasteiger partial charge in [0.2, 0.25) is 5.88 Å². The molecule has 260 valence electrons. The number of anilines is 1. The second-order valence-corrected chi connectivity index (χ2v) is 14.8. The van der Waals surface area contributed by atoms with Crippen LogP contribution in [0, 0.1) is 0 Å². The van der Waals surface area contributed by atoms with E-state index >= 15 is 0 Å². The fourth-order valence-electron chi connectivity index (χ4n) is 4.10. The minimum atomic E-state index is -5.51. The number of aromatic nitrogens is 2. The van der Waals surface area contributed by atoms with Gasteiger partial charge in [0.05, 0.1) is 37.2 Å². The van der Waals surface area contributed by atoms with E-state index in [9.17, 15) is 81.6 Å². The number of hydrogen-bond acceptors (Lipinski definition) is 16. The van der Waals surface area contributed by atoms with Gasteiger partial charge in [0.1, 0.15) is 25.1 Å². The third-order valence-corrected chi connectivity index (χ3v) is 9.62. The van der Waals surface area contributed by atoms with Gasteiger partial charge in [0, 0.05) is 0 Å². The van der Waals surface area contributed by atoms with Gasteiger partial charge in [-0.05, 0) is 48.6 Å². The third-order valence-electron chi connectivity index (χ3n) is 6.16. The zero-order valence-electron chi connectivity index (χ0n) is 25.2. The molecule has 1 aliphatic heterocycles. The van der Waals surface area contributed by atoms with E-state index in [0.717, 1.165) is 0 Å². The van der Waals surface area contributed by atoms with Crippen molar-refractivity contribution in [1.29, 1.82) is 0 Å². The smallest absolute Gasteiger partial charge is 0.744 e. The second kappa shape index (κ2) is 15.3. The molecule has 0 saturated heterocycles. The molecule has 0 aliphatic carbocycles. The monoisotopic (exact) mass is 808 g/mol. The Hall–Kier alpha value is -3.35. The Morgan fingerprint density at radius 2 is 1.31 bits per heavy atom. The van der Waals surface area contributed by atoms with Crippen LogP contribution in [0.5, 0.6) is 5.88 Å². The zero-order chi connectivity index (χ0) is 37.0. The number of aliphatic carboxylic acids is 1. The van der Waals surface area contributed by atoms with Crippen LogP contribution in [0.4, 0.5) is 5.69 Å². The maximum Gasteiger partial charge on any atom is 1.00 e. The number of hydrogen-bond donors (Lipinski definition) is 5. The molecule has 0 bridgehead atoms. The fraction of sp³-hybridized carbons (Fsp3) is 0. The van der Waals surface area contributed by atoms with Crippen molar-refractivity contribution < 1.29 is 141 Å². The van der Waals surface area contributed by atoms with E-state index in [1.807, 2.05) is 0 Å². The zero-order valence-corrected chi connectivity index (χ0v) is 32.4. The summed E-state index contributed by atoms with van der Waals surface area (Å²) in [5, 5.41) is 36.9. The molecule has 0 radical (unpaired) electrons. The number of carboxylic acids is 2. The Labute approximate surface area is 330 Å². The molecule has 2 aromatic carbocycles. The summed E-state index contributed by atoms with van der Waals surface area (Å²) in [5.41, 5.74) is -6.09. The van der Waals surface area contributed by atoms with Crippen LogP contribution in [0.3, 0.4) is 0 Å². The summed E-state index contributed by atoms with van der Waals surface area (Å²) < 4.78 is 136. The molecule has 22 nitrogen and oxygen atoms in total. The second-order valence-electron chi connectivity index (χ2n) is 9.23. The Kier molecular flexibility index (Phi) is 13.2. The number of carboxylic acid groups (broad SMARTS) is 2. The minimum Gasteiger partial charge on any atom is -0.744 e. The quantitative estimate of drug-likeness (QED) is 0.0721. The maximum absolute atomic E-state index is 13.2. The van der Waals surface area contributed by atoms with Gasteiger partial charge in [0.25, 0.3) is 26.1 Å². The molecule has 2 heterocycles. The third kappa shape index (κ3) is 9.18. The molecule has 0 fully saturated rings. The molecule has 0 atom stereocenters. The number of hydrazone groups is 1. The van der Waals surface area contributed by atoms with E-state index in [0.29, 0.717) is 48.6 Å². The van der Waals surface area contributed by atoms with E-state index in [4.69, 9.17) is 0 Å². The van der Waals surface area contributed by atoms with Crippen LogP contribution in [-0.4, -0.2) is 101 Å². The van der Waals surface area contributed by atoms with Crippen LogP contribution in [0.1, 0.15) is 16.1 Å². The number of carbonyl (C=O) groups excluding carboxylic acids is 1. The number of rotatable bonds is 10. The van der Waals surface area contributed by atoms with Gasteiger partial charge in [-0.2, -0.15) is 36.7 Å². The minimum absolute atomic E-state index is 0. The topological polar surface area (TPSA) is 368 Å². The Bertz CT molecular complexity index is 2540. The number of carbonyl (C=O) groups is 3. The number of amides is 1. The number of allylic oxidation sites excluding steroid dienone is 2. The molecule has 1 amide bonds.